The summed E-state index contributed by atoms with van der Waals surface area (Å²) in [6.07, 6.45) is 0. The molecule has 0 heterocycles. The van der Waals surface area contributed by atoms with Crippen molar-refractivity contribution in [2.45, 2.75) is 20.4 Å². The van der Waals surface area contributed by atoms with Crippen molar-refractivity contribution >= 4 is 28.9 Å². The Hall–Kier alpha value is -1.38. The van der Waals surface area contributed by atoms with E-state index >= 15 is 0 Å². The predicted octanol–water partition coefficient (Wildman–Crippen LogP) is 5.23. The zero-order valence-electron chi connectivity index (χ0n) is 11.8. The van der Waals surface area contributed by atoms with E-state index in [1.807, 2.05) is 38.1 Å². The van der Waals surface area contributed by atoms with Gasteiger partial charge >= 0.3 is 0 Å². The van der Waals surface area contributed by atoms with Crippen LogP contribution in [0.1, 0.15) is 16.7 Å². The molecule has 0 aliphatic carbocycles. The van der Waals surface area contributed by atoms with Crippen LogP contribution in [0, 0.1) is 13.8 Å². The molecule has 4 heteroatoms. The van der Waals surface area contributed by atoms with Gasteiger partial charge < -0.3 is 10.1 Å². The summed E-state index contributed by atoms with van der Waals surface area (Å²) in [6, 6.07) is 9.72. The third-order valence-electron chi connectivity index (χ3n) is 3.31. The average Bonchev–Trinajstić information content (AvgIpc) is 2.43. The van der Waals surface area contributed by atoms with Crippen molar-refractivity contribution in [1.82, 2.24) is 0 Å². The third kappa shape index (κ3) is 3.02. The normalized spacial score (nSPS) is 10.4. The number of rotatable bonds is 4. The number of nitrogens with one attached hydrogen (secondary N) is 1. The van der Waals surface area contributed by atoms with Gasteiger partial charge in [-0.25, -0.2) is 0 Å². The summed E-state index contributed by atoms with van der Waals surface area (Å²) in [5.74, 6) is 0.909. The predicted molar refractivity (Wildman–Crippen MR) is 86.3 cm³/mol. The maximum Gasteiger partial charge on any atom is 0.126 e. The molecular formula is C16H17Cl2NO. The summed E-state index contributed by atoms with van der Waals surface area (Å²) in [6.45, 7) is 4.68. The van der Waals surface area contributed by atoms with Crippen molar-refractivity contribution in [3.8, 4) is 5.75 Å². The zero-order chi connectivity index (χ0) is 14.7. The average molecular weight is 310 g/mol. The minimum atomic E-state index is 0.573. The van der Waals surface area contributed by atoms with E-state index in [4.69, 9.17) is 27.9 Å². The Morgan fingerprint density at radius 3 is 2.55 bits per heavy atom. The summed E-state index contributed by atoms with van der Waals surface area (Å²) in [4.78, 5) is 0. The van der Waals surface area contributed by atoms with Gasteiger partial charge in [0.1, 0.15) is 5.75 Å². The van der Waals surface area contributed by atoms with E-state index in [2.05, 4.69) is 5.32 Å². The zero-order valence-corrected chi connectivity index (χ0v) is 13.3. The summed E-state index contributed by atoms with van der Waals surface area (Å²) >= 11 is 12.2. The van der Waals surface area contributed by atoms with E-state index in [0.29, 0.717) is 16.6 Å². The topological polar surface area (TPSA) is 21.3 Å². The third-order valence-corrected chi connectivity index (χ3v) is 4.17. The van der Waals surface area contributed by atoms with Gasteiger partial charge in [-0.2, -0.15) is 0 Å². The van der Waals surface area contributed by atoms with E-state index in [-0.39, 0.29) is 0 Å². The molecule has 0 fully saturated rings. The number of hydrogen-bond donors (Lipinski definition) is 1. The molecule has 0 aromatic heterocycles. The van der Waals surface area contributed by atoms with Crippen LogP contribution in [0.5, 0.6) is 5.75 Å². The highest BCUT2D eigenvalue weighted by Crippen LogP contribution is 2.30. The number of halogens is 2. The highest BCUT2D eigenvalue weighted by molar-refractivity contribution is 6.42. The molecule has 20 heavy (non-hydrogen) atoms. The van der Waals surface area contributed by atoms with E-state index < -0.39 is 0 Å². The lowest BCUT2D eigenvalue weighted by Gasteiger charge is -2.15. The van der Waals surface area contributed by atoms with Crippen molar-refractivity contribution in [3.63, 3.8) is 0 Å². The molecule has 0 saturated heterocycles. The van der Waals surface area contributed by atoms with E-state index in [0.717, 1.165) is 28.1 Å². The summed E-state index contributed by atoms with van der Waals surface area (Å²) in [7, 11) is 1.69. The quantitative estimate of drug-likeness (QED) is 0.835. The molecule has 1 N–H and O–H groups in total. The fourth-order valence-corrected chi connectivity index (χ4v) is 2.60. The molecular weight excluding hydrogens is 293 g/mol. The first-order chi connectivity index (χ1) is 9.54. The molecule has 0 aliphatic rings. The molecule has 2 nitrogen and oxygen atoms in total. The number of anilines is 1. The first-order valence-electron chi connectivity index (χ1n) is 6.35. The maximum atomic E-state index is 6.19. The smallest absolute Gasteiger partial charge is 0.126 e. The van der Waals surface area contributed by atoms with Crippen molar-refractivity contribution in [1.29, 1.82) is 0 Å². The number of benzene rings is 2. The van der Waals surface area contributed by atoms with Gasteiger partial charge in [-0.1, -0.05) is 41.4 Å². The second-order valence-electron chi connectivity index (χ2n) is 4.65. The Labute approximate surface area is 129 Å². The Bertz CT molecular complexity index is 626. The molecule has 106 valence electrons. The lowest BCUT2D eigenvalue weighted by molar-refractivity contribution is 0.409. The van der Waals surface area contributed by atoms with Crippen LogP contribution < -0.4 is 10.1 Å². The van der Waals surface area contributed by atoms with Crippen molar-refractivity contribution < 1.29 is 4.74 Å². The summed E-state index contributed by atoms with van der Waals surface area (Å²) < 4.78 is 5.42. The molecule has 0 spiro atoms. The van der Waals surface area contributed by atoms with Crippen LogP contribution >= 0.6 is 23.2 Å². The van der Waals surface area contributed by atoms with Gasteiger partial charge in [0.05, 0.1) is 17.2 Å². The van der Waals surface area contributed by atoms with E-state index in [1.54, 1.807) is 13.2 Å². The second kappa shape index (κ2) is 6.38. The SMILES string of the molecule is COc1c(C)ccc(NCc2cccc(Cl)c2Cl)c1C. The van der Waals surface area contributed by atoms with E-state index in [9.17, 15) is 0 Å². The van der Waals surface area contributed by atoms with Crippen LogP contribution in [0.2, 0.25) is 10.0 Å². The molecule has 0 atom stereocenters. The molecule has 0 radical (unpaired) electrons. The molecule has 2 aromatic carbocycles. The highest BCUT2D eigenvalue weighted by Gasteiger charge is 2.09. The standard InChI is InChI=1S/C16H17Cl2NO/c1-10-7-8-14(11(2)16(10)20-3)19-9-12-5-4-6-13(17)15(12)18/h4-8,19H,9H2,1-3H3. The number of aryl methyl sites for hydroxylation is 1. The van der Waals surface area contributed by atoms with Crippen LogP contribution in [0.3, 0.4) is 0 Å². The maximum absolute atomic E-state index is 6.19. The lowest BCUT2D eigenvalue weighted by Crippen LogP contribution is -2.03. The van der Waals surface area contributed by atoms with Crippen LogP contribution in [0.25, 0.3) is 0 Å². The first-order valence-corrected chi connectivity index (χ1v) is 7.11. The molecule has 2 aromatic rings. The van der Waals surface area contributed by atoms with Crippen LogP contribution in [-0.4, -0.2) is 7.11 Å². The highest BCUT2D eigenvalue weighted by atomic mass is 35.5. The fraction of sp³-hybridized carbons (Fsp3) is 0.250. The van der Waals surface area contributed by atoms with Gasteiger partial charge in [-0.05, 0) is 37.1 Å². The van der Waals surface area contributed by atoms with Crippen molar-refractivity contribution in [2.24, 2.45) is 0 Å². The molecule has 0 bridgehead atoms. The molecule has 0 aliphatic heterocycles. The van der Waals surface area contributed by atoms with Crippen LogP contribution in [-0.2, 0) is 6.54 Å². The van der Waals surface area contributed by atoms with Crippen molar-refractivity contribution in [3.05, 3.63) is 57.1 Å². The fourth-order valence-electron chi connectivity index (χ4n) is 2.21. The molecule has 2 rings (SSSR count). The Morgan fingerprint density at radius 2 is 1.85 bits per heavy atom. The number of methoxy groups -OCH3 is 1. The Balaban J connectivity index is 2.21. The van der Waals surface area contributed by atoms with Gasteiger partial charge in [-0.3, -0.25) is 0 Å². The first kappa shape index (κ1) is 15.0. The van der Waals surface area contributed by atoms with Gasteiger partial charge in [0.2, 0.25) is 0 Å². The van der Waals surface area contributed by atoms with Gasteiger partial charge in [0.25, 0.3) is 0 Å². The summed E-state index contributed by atoms with van der Waals surface area (Å²) in [5, 5.41) is 4.55. The largest absolute Gasteiger partial charge is 0.496 e. The number of hydrogen-bond acceptors (Lipinski definition) is 2. The number of ether oxygens (including phenoxy) is 1. The minimum Gasteiger partial charge on any atom is -0.496 e. The Morgan fingerprint density at radius 1 is 1.10 bits per heavy atom. The van der Waals surface area contributed by atoms with Gasteiger partial charge in [-0.15, -0.1) is 0 Å². The lowest BCUT2D eigenvalue weighted by atomic mass is 10.1. The van der Waals surface area contributed by atoms with Crippen molar-refractivity contribution in [2.75, 3.05) is 12.4 Å². The summed E-state index contributed by atoms with van der Waals surface area (Å²) in [5.41, 5.74) is 4.21. The van der Waals surface area contributed by atoms with Crippen LogP contribution in [0.15, 0.2) is 30.3 Å². The minimum absolute atomic E-state index is 0.573. The second-order valence-corrected chi connectivity index (χ2v) is 5.44. The molecule has 0 amide bonds. The van der Waals surface area contributed by atoms with Crippen LogP contribution in [0.4, 0.5) is 5.69 Å². The molecule has 0 unspecified atom stereocenters. The Kier molecular flexibility index (Phi) is 4.79. The van der Waals surface area contributed by atoms with Gasteiger partial charge in [0, 0.05) is 17.8 Å². The van der Waals surface area contributed by atoms with E-state index in [1.165, 1.54) is 0 Å². The van der Waals surface area contributed by atoms with Gasteiger partial charge in [0.15, 0.2) is 0 Å². The monoisotopic (exact) mass is 309 g/mol. The molecule has 0 saturated carbocycles.